The van der Waals surface area contributed by atoms with Crippen LogP contribution in [-0.4, -0.2) is 0 Å². The average Bonchev–Trinajstić information content (AvgIpc) is 1.91. The Kier molecular flexibility index (Phi) is 10.9. The minimum absolute atomic E-state index is 0. The second-order valence-electron chi connectivity index (χ2n) is 1.84. The maximum atomic E-state index is 3.08. The molecule has 0 spiro atoms. The van der Waals surface area contributed by atoms with Crippen LogP contribution in [0.25, 0.3) is 0 Å². The van der Waals surface area contributed by atoms with E-state index in [1.807, 2.05) is 38.9 Å². The summed E-state index contributed by atoms with van der Waals surface area (Å²) >= 11 is 1.95. The summed E-state index contributed by atoms with van der Waals surface area (Å²) in [4.78, 5) is 0. The summed E-state index contributed by atoms with van der Waals surface area (Å²) in [6.45, 7) is 0.959. The predicted molar refractivity (Wildman–Crippen MR) is 47.8 cm³/mol. The molecular weight excluding hydrogens is 217 g/mol. The summed E-state index contributed by atoms with van der Waals surface area (Å²) in [6, 6.07) is 10.3. The average molecular weight is 227 g/mol. The Morgan fingerprint density at radius 3 is 2.09 bits per heavy atom. The van der Waals surface area contributed by atoms with Gasteiger partial charge in [0.2, 0.25) is 0 Å². The summed E-state index contributed by atoms with van der Waals surface area (Å²) in [5, 5.41) is 0. The van der Waals surface area contributed by atoms with Gasteiger partial charge in [-0.15, -0.1) is 24.8 Å². The van der Waals surface area contributed by atoms with Crippen LogP contribution in [0, 0.1) is 0 Å². The van der Waals surface area contributed by atoms with Crippen LogP contribution in [0.3, 0.4) is 0 Å². The maximum absolute atomic E-state index is 3.08. The van der Waals surface area contributed by atoms with Gasteiger partial charge in [0.1, 0.15) is 0 Å². The van der Waals surface area contributed by atoms with E-state index in [-0.39, 0.29) is 24.8 Å². The molecule has 0 aliphatic heterocycles. The van der Waals surface area contributed by atoms with Gasteiger partial charge in [0.15, 0.2) is 0 Å². The fraction of sp³-hybridized carbons (Fsp3) is 0.143. The Balaban J connectivity index is 0. The Morgan fingerprint density at radius 2 is 1.64 bits per heavy atom. The molecule has 1 rings (SSSR count). The van der Waals surface area contributed by atoms with Crippen LogP contribution in [0.4, 0.5) is 0 Å². The number of hydrogen-bond acceptors (Lipinski definition) is 1. The van der Waals surface area contributed by atoms with Crippen molar-refractivity contribution in [3.63, 3.8) is 0 Å². The van der Waals surface area contributed by atoms with Crippen molar-refractivity contribution >= 4 is 24.8 Å². The van der Waals surface area contributed by atoms with E-state index < -0.39 is 0 Å². The first-order valence-corrected chi connectivity index (χ1v) is 3.65. The third-order valence-electron chi connectivity index (χ3n) is 1.14. The number of rotatable bonds is 2. The summed E-state index contributed by atoms with van der Waals surface area (Å²) in [5.74, 6) is 0. The molecule has 0 saturated carbocycles. The third kappa shape index (κ3) is 5.71. The molecule has 0 bridgehead atoms. The minimum atomic E-state index is 0. The molecule has 1 N–H and O–H groups in total. The van der Waals surface area contributed by atoms with Crippen molar-refractivity contribution in [2.75, 3.05) is 0 Å². The van der Waals surface area contributed by atoms with Gasteiger partial charge in [-0.25, -0.2) is 0 Å². The molecule has 61 valence electrons. The number of nitrogens with one attached hydrogen (secondary N) is 1. The molecule has 4 heteroatoms. The molecule has 0 aliphatic rings. The van der Waals surface area contributed by atoms with E-state index in [1.165, 1.54) is 5.56 Å². The molecule has 0 unspecified atom stereocenters. The number of hydrogen-bond donors (Lipinski definition) is 1. The standard InChI is InChI=1S/C7H8N.2ClH.Ti/c8-6-7-4-2-1-3-5-7;;;/h1-5,8H,6H2;2*1H;/q-1;;;+1. The van der Waals surface area contributed by atoms with Crippen molar-refractivity contribution in [2.24, 2.45) is 0 Å². The van der Waals surface area contributed by atoms with Gasteiger partial charge in [-0.2, -0.15) is 0 Å². The topological polar surface area (TPSA) is 12.0 Å². The Labute approximate surface area is 91.5 Å². The molecule has 0 saturated heterocycles. The first-order valence-electron chi connectivity index (χ1n) is 2.87. The number of benzene rings is 1. The summed E-state index contributed by atoms with van der Waals surface area (Å²) in [5.41, 5.74) is 1.33. The quantitative estimate of drug-likeness (QED) is 0.762. The van der Waals surface area contributed by atoms with Gasteiger partial charge in [-0.1, -0.05) is 0 Å². The second-order valence-corrected chi connectivity index (χ2v) is 2.39. The van der Waals surface area contributed by atoms with Gasteiger partial charge in [-0.05, 0) is 0 Å². The third-order valence-corrected chi connectivity index (χ3v) is 1.41. The zero-order valence-electron chi connectivity index (χ0n) is 5.91. The first kappa shape index (κ1) is 14.0. The van der Waals surface area contributed by atoms with Gasteiger partial charge >= 0.3 is 66.9 Å². The van der Waals surface area contributed by atoms with E-state index in [4.69, 9.17) is 0 Å². The van der Waals surface area contributed by atoms with E-state index in [9.17, 15) is 0 Å². The predicted octanol–water partition coefficient (Wildman–Crippen LogP) is 2.08. The van der Waals surface area contributed by atoms with Gasteiger partial charge < -0.3 is 0 Å². The van der Waals surface area contributed by atoms with Crippen molar-refractivity contribution in [2.45, 2.75) is 6.54 Å². The first-order chi connectivity index (χ1) is 4.43. The summed E-state index contributed by atoms with van der Waals surface area (Å²) in [7, 11) is 0. The van der Waals surface area contributed by atoms with Crippen LogP contribution in [0.1, 0.15) is 5.56 Å². The van der Waals surface area contributed by atoms with E-state index in [1.54, 1.807) is 0 Å². The fourth-order valence-electron chi connectivity index (χ4n) is 0.698. The van der Waals surface area contributed by atoms with Crippen LogP contribution >= 0.6 is 24.8 Å². The molecule has 1 nitrogen and oxygen atoms in total. The van der Waals surface area contributed by atoms with E-state index in [0.717, 1.165) is 6.54 Å². The molecule has 0 fully saturated rings. The second kappa shape index (κ2) is 8.57. The molecule has 0 aromatic heterocycles. The van der Waals surface area contributed by atoms with Crippen molar-refractivity contribution in [3.05, 3.63) is 35.9 Å². The van der Waals surface area contributed by atoms with E-state index >= 15 is 0 Å². The van der Waals surface area contributed by atoms with Crippen molar-refractivity contribution in [3.8, 4) is 0 Å². The zero-order chi connectivity index (χ0) is 6.53. The van der Waals surface area contributed by atoms with E-state index in [0.29, 0.717) is 0 Å². The van der Waals surface area contributed by atoms with Crippen LogP contribution in [0.2, 0.25) is 0 Å². The van der Waals surface area contributed by atoms with Gasteiger partial charge in [0.05, 0.1) is 0 Å². The normalized spacial score (nSPS) is 7.55. The fourth-order valence-corrected chi connectivity index (χ4v) is 1.02. The van der Waals surface area contributed by atoms with Crippen LogP contribution in [-0.2, 0) is 27.2 Å². The van der Waals surface area contributed by atoms with Crippen molar-refractivity contribution in [1.82, 2.24) is 3.80 Å². The molecule has 0 radical (unpaired) electrons. The van der Waals surface area contributed by atoms with Crippen molar-refractivity contribution in [1.29, 1.82) is 0 Å². The molecule has 1 aromatic rings. The molecular formula is C7H10Cl2NTi. The zero-order valence-corrected chi connectivity index (χ0v) is 9.10. The summed E-state index contributed by atoms with van der Waals surface area (Å²) < 4.78 is 3.08. The van der Waals surface area contributed by atoms with Gasteiger partial charge in [0.25, 0.3) is 0 Å². The molecule has 1 aromatic carbocycles. The molecule has 0 atom stereocenters. The Morgan fingerprint density at radius 1 is 1.09 bits per heavy atom. The van der Waals surface area contributed by atoms with Gasteiger partial charge in [-0.3, -0.25) is 0 Å². The molecule has 0 aliphatic carbocycles. The molecule has 0 amide bonds. The Hall–Kier alpha value is 0.474. The summed E-state index contributed by atoms with van der Waals surface area (Å²) in [6.07, 6.45) is 0. The van der Waals surface area contributed by atoms with Crippen LogP contribution in [0.5, 0.6) is 0 Å². The Bertz CT molecular complexity index is 169. The monoisotopic (exact) mass is 226 g/mol. The van der Waals surface area contributed by atoms with Crippen molar-refractivity contribution < 1.29 is 20.7 Å². The SMILES string of the molecule is Cl.Cl.[Ti][NH]Cc1ccccc1. The van der Waals surface area contributed by atoms with E-state index in [2.05, 4.69) is 15.9 Å². The molecule has 0 heterocycles. The van der Waals surface area contributed by atoms with Crippen LogP contribution in [0.15, 0.2) is 30.3 Å². The molecule has 11 heavy (non-hydrogen) atoms. The number of halogens is 2. The van der Waals surface area contributed by atoms with Crippen LogP contribution < -0.4 is 3.80 Å². The van der Waals surface area contributed by atoms with Gasteiger partial charge in [0, 0.05) is 0 Å².